The monoisotopic (exact) mass is 392 g/mol. The number of hydrogen-bond acceptors (Lipinski definition) is 4. The van der Waals surface area contributed by atoms with Gasteiger partial charge in [0.15, 0.2) is 0 Å². The molecule has 1 aliphatic heterocycles. The Morgan fingerprint density at radius 3 is 2.62 bits per heavy atom. The van der Waals surface area contributed by atoms with Crippen molar-refractivity contribution in [2.75, 3.05) is 19.6 Å². The first-order valence-electron chi connectivity index (χ1n) is 8.87. The zero-order chi connectivity index (χ0) is 18.6. The second-order valence-electron chi connectivity index (χ2n) is 6.72. The molecule has 0 spiro atoms. The molecule has 1 aromatic heterocycles. The Labute approximate surface area is 159 Å². The lowest BCUT2D eigenvalue weighted by Gasteiger charge is -2.29. The van der Waals surface area contributed by atoms with Gasteiger partial charge in [0.25, 0.3) is 5.91 Å². The smallest absolute Gasteiger partial charge is 0.261 e. The fourth-order valence-corrected chi connectivity index (χ4v) is 5.65. The highest BCUT2D eigenvalue weighted by Gasteiger charge is 2.29. The molecule has 1 aromatic carbocycles. The summed E-state index contributed by atoms with van der Waals surface area (Å²) in [5.74, 6) is 0.342. The third kappa shape index (κ3) is 4.52. The maximum atomic E-state index is 12.7. The highest BCUT2D eigenvalue weighted by Crippen LogP contribution is 2.26. The lowest BCUT2D eigenvalue weighted by atomic mass is 10.0. The van der Waals surface area contributed by atoms with Crippen LogP contribution in [0.1, 0.15) is 35.0 Å². The largest absolute Gasteiger partial charge is 0.351 e. The van der Waals surface area contributed by atoms with Crippen molar-refractivity contribution in [2.45, 2.75) is 31.1 Å². The Bertz CT molecular complexity index is 839. The van der Waals surface area contributed by atoms with Gasteiger partial charge in [0.2, 0.25) is 10.0 Å². The number of amides is 1. The number of nitrogens with zero attached hydrogens (tertiary/aromatic N) is 1. The Morgan fingerprint density at radius 1 is 1.23 bits per heavy atom. The first-order valence-corrected chi connectivity index (χ1v) is 11.2. The van der Waals surface area contributed by atoms with Crippen LogP contribution < -0.4 is 5.32 Å². The van der Waals surface area contributed by atoms with Gasteiger partial charge in [-0.2, -0.15) is 4.31 Å². The van der Waals surface area contributed by atoms with Crippen LogP contribution in [-0.2, 0) is 16.4 Å². The van der Waals surface area contributed by atoms with Crippen LogP contribution in [0, 0.1) is 5.92 Å². The van der Waals surface area contributed by atoms with E-state index in [1.807, 2.05) is 30.3 Å². The molecule has 2 aromatic rings. The fourth-order valence-electron chi connectivity index (χ4n) is 3.00. The second-order valence-corrected chi connectivity index (χ2v) is 9.57. The Morgan fingerprint density at radius 2 is 1.92 bits per heavy atom. The van der Waals surface area contributed by atoms with E-state index >= 15 is 0 Å². The number of carbonyl (C=O) groups is 1. The first-order chi connectivity index (χ1) is 12.5. The van der Waals surface area contributed by atoms with E-state index in [1.54, 1.807) is 5.38 Å². The molecule has 1 N–H and O–H groups in total. The summed E-state index contributed by atoms with van der Waals surface area (Å²) in [5.41, 5.74) is 1.15. The molecule has 5 nitrogen and oxygen atoms in total. The molecule has 1 saturated heterocycles. The van der Waals surface area contributed by atoms with Gasteiger partial charge in [0, 0.05) is 25.0 Å². The van der Waals surface area contributed by atoms with Crippen LogP contribution >= 0.6 is 11.3 Å². The molecule has 1 fully saturated rings. The third-order valence-corrected chi connectivity index (χ3v) is 7.68. The molecule has 0 unspecified atom stereocenters. The average molecular weight is 393 g/mol. The summed E-state index contributed by atoms with van der Waals surface area (Å²) in [6, 6.07) is 11.4. The minimum absolute atomic E-state index is 0.223. The van der Waals surface area contributed by atoms with Crippen LogP contribution in [0.15, 0.2) is 46.7 Å². The molecule has 3 rings (SSSR count). The second kappa shape index (κ2) is 8.33. The Kier molecular flexibility index (Phi) is 6.11. The minimum atomic E-state index is -3.50. The topological polar surface area (TPSA) is 66.5 Å². The molecule has 2 heterocycles. The van der Waals surface area contributed by atoms with Gasteiger partial charge in [0.1, 0.15) is 0 Å². The van der Waals surface area contributed by atoms with E-state index in [2.05, 4.69) is 12.2 Å². The molecule has 0 atom stereocenters. The number of piperidine rings is 1. The van der Waals surface area contributed by atoms with E-state index in [0.717, 1.165) is 24.8 Å². The Balaban J connectivity index is 1.59. The molecule has 26 heavy (non-hydrogen) atoms. The molecule has 7 heteroatoms. The molecule has 140 valence electrons. The number of benzene rings is 1. The molecular weight excluding hydrogens is 368 g/mol. The van der Waals surface area contributed by atoms with Crippen molar-refractivity contribution in [2.24, 2.45) is 5.92 Å². The zero-order valence-corrected chi connectivity index (χ0v) is 16.5. The van der Waals surface area contributed by atoms with E-state index < -0.39 is 10.0 Å². The van der Waals surface area contributed by atoms with Gasteiger partial charge in [-0.1, -0.05) is 37.3 Å². The van der Waals surface area contributed by atoms with Crippen molar-refractivity contribution in [1.29, 1.82) is 0 Å². The number of hydrogen-bond donors (Lipinski definition) is 1. The molecule has 0 saturated carbocycles. The molecule has 0 radical (unpaired) electrons. The summed E-state index contributed by atoms with van der Waals surface area (Å²) in [5, 5.41) is 4.43. The van der Waals surface area contributed by atoms with Gasteiger partial charge in [-0.3, -0.25) is 4.79 Å². The normalized spacial score (nSPS) is 16.5. The lowest BCUT2D eigenvalue weighted by molar-refractivity contribution is 0.0958. The fraction of sp³-hybridized carbons (Fsp3) is 0.421. The van der Waals surface area contributed by atoms with Crippen LogP contribution in [0.4, 0.5) is 0 Å². The standard InChI is InChI=1S/C19H24N2O3S2/c1-15-8-11-21(12-9-15)26(23,24)17-13-18(25-14-17)19(22)20-10-7-16-5-3-2-4-6-16/h2-6,13-15H,7-12H2,1H3,(H,20,22). The van der Waals surface area contributed by atoms with Gasteiger partial charge >= 0.3 is 0 Å². The van der Waals surface area contributed by atoms with Crippen LogP contribution in [-0.4, -0.2) is 38.3 Å². The van der Waals surface area contributed by atoms with Gasteiger partial charge in [-0.15, -0.1) is 11.3 Å². The SMILES string of the molecule is CC1CCN(S(=O)(=O)c2csc(C(=O)NCCc3ccccc3)c2)CC1. The predicted molar refractivity (Wildman–Crippen MR) is 104 cm³/mol. The van der Waals surface area contributed by atoms with Crippen molar-refractivity contribution in [3.05, 3.63) is 52.2 Å². The number of nitrogens with one attached hydrogen (secondary N) is 1. The molecule has 1 amide bonds. The van der Waals surface area contributed by atoms with E-state index in [-0.39, 0.29) is 10.8 Å². The van der Waals surface area contributed by atoms with E-state index in [4.69, 9.17) is 0 Å². The average Bonchev–Trinajstić information content (AvgIpc) is 3.14. The maximum Gasteiger partial charge on any atom is 0.261 e. The van der Waals surface area contributed by atoms with Gasteiger partial charge < -0.3 is 5.32 Å². The number of thiophene rings is 1. The summed E-state index contributed by atoms with van der Waals surface area (Å²) in [6.07, 6.45) is 2.52. The van der Waals surface area contributed by atoms with E-state index in [0.29, 0.717) is 30.4 Å². The van der Waals surface area contributed by atoms with E-state index in [1.165, 1.54) is 21.7 Å². The summed E-state index contributed by atoms with van der Waals surface area (Å²) in [7, 11) is -3.50. The number of sulfonamides is 1. The lowest BCUT2D eigenvalue weighted by Crippen LogP contribution is -2.37. The third-order valence-electron chi connectivity index (χ3n) is 4.72. The summed E-state index contributed by atoms with van der Waals surface area (Å²) in [6.45, 7) is 3.77. The molecular formula is C19H24N2O3S2. The van der Waals surface area contributed by atoms with Crippen LogP contribution in [0.3, 0.4) is 0 Å². The Hall–Kier alpha value is -1.70. The quantitative estimate of drug-likeness (QED) is 0.821. The van der Waals surface area contributed by atoms with Crippen molar-refractivity contribution >= 4 is 27.3 Å². The predicted octanol–water partition coefficient (Wildman–Crippen LogP) is 3.14. The van der Waals surface area contributed by atoms with Gasteiger partial charge in [0.05, 0.1) is 9.77 Å². The molecule has 0 bridgehead atoms. The molecule has 1 aliphatic rings. The van der Waals surface area contributed by atoms with E-state index in [9.17, 15) is 13.2 Å². The first kappa shape index (κ1) is 19.1. The van der Waals surface area contributed by atoms with Crippen molar-refractivity contribution in [1.82, 2.24) is 9.62 Å². The van der Waals surface area contributed by atoms with Crippen molar-refractivity contribution in [3.8, 4) is 0 Å². The van der Waals surface area contributed by atoms with Crippen LogP contribution in [0.2, 0.25) is 0 Å². The summed E-state index contributed by atoms with van der Waals surface area (Å²) in [4.78, 5) is 12.9. The number of rotatable bonds is 6. The van der Waals surface area contributed by atoms with Crippen molar-refractivity contribution in [3.63, 3.8) is 0 Å². The zero-order valence-electron chi connectivity index (χ0n) is 14.8. The summed E-state index contributed by atoms with van der Waals surface area (Å²) < 4.78 is 27.0. The van der Waals surface area contributed by atoms with Gasteiger partial charge in [-0.25, -0.2) is 8.42 Å². The molecule has 0 aliphatic carbocycles. The highest BCUT2D eigenvalue weighted by atomic mass is 32.2. The van der Waals surface area contributed by atoms with Crippen LogP contribution in [0.25, 0.3) is 0 Å². The highest BCUT2D eigenvalue weighted by molar-refractivity contribution is 7.89. The van der Waals surface area contributed by atoms with Crippen LogP contribution in [0.5, 0.6) is 0 Å². The number of carbonyl (C=O) groups excluding carboxylic acids is 1. The minimum Gasteiger partial charge on any atom is -0.351 e. The van der Waals surface area contributed by atoms with Crippen molar-refractivity contribution < 1.29 is 13.2 Å². The maximum absolute atomic E-state index is 12.7. The summed E-state index contributed by atoms with van der Waals surface area (Å²) >= 11 is 1.18. The van der Waals surface area contributed by atoms with Gasteiger partial charge in [-0.05, 0) is 36.8 Å².